The number of anilines is 1. The molecular weight excluding hydrogens is 442 g/mol. The quantitative estimate of drug-likeness (QED) is 0.602. The van der Waals surface area contributed by atoms with Gasteiger partial charge in [0.15, 0.2) is 5.82 Å². The molecule has 1 atom stereocenters. The molecule has 1 aliphatic rings. The van der Waals surface area contributed by atoms with E-state index >= 15 is 0 Å². The van der Waals surface area contributed by atoms with E-state index in [0.29, 0.717) is 4.47 Å². The van der Waals surface area contributed by atoms with E-state index in [9.17, 15) is 18.6 Å². The van der Waals surface area contributed by atoms with Crippen LogP contribution in [0.5, 0.6) is 5.75 Å². The van der Waals surface area contributed by atoms with Crippen LogP contribution < -0.4 is 60.4 Å². The number of aliphatic hydroxyl groups excluding tert-OH is 1. The van der Waals surface area contributed by atoms with E-state index in [-0.39, 0.29) is 76.0 Å². The van der Waals surface area contributed by atoms with Gasteiger partial charge in [-0.25, -0.2) is 4.39 Å². The zero-order chi connectivity index (χ0) is 17.3. The fourth-order valence-corrected chi connectivity index (χ4v) is 4.02. The van der Waals surface area contributed by atoms with E-state index < -0.39 is 23.0 Å². The van der Waals surface area contributed by atoms with Gasteiger partial charge in [-0.15, -0.1) is 0 Å². The molecule has 10 heteroatoms. The van der Waals surface area contributed by atoms with Crippen molar-refractivity contribution in [2.75, 3.05) is 10.8 Å². The minimum absolute atomic E-state index is 0. The predicted octanol–water partition coefficient (Wildman–Crippen LogP) is 1.26. The van der Waals surface area contributed by atoms with Gasteiger partial charge in [-0.1, -0.05) is 46.3 Å². The molecule has 0 aromatic heterocycles. The third-order valence-corrected chi connectivity index (χ3v) is 5.27. The van der Waals surface area contributed by atoms with Crippen LogP contribution in [0.3, 0.4) is 0 Å². The Labute approximate surface area is 197 Å². The molecule has 1 unspecified atom stereocenters. The average Bonchev–Trinajstić information content (AvgIpc) is 2.78. The molecule has 6 nitrogen and oxygen atoms in total. The molecule has 3 N–H and O–H groups in total. The van der Waals surface area contributed by atoms with Crippen molar-refractivity contribution in [3.05, 3.63) is 63.0 Å². The van der Waals surface area contributed by atoms with Gasteiger partial charge >= 0.3 is 51.4 Å². The van der Waals surface area contributed by atoms with Gasteiger partial charge in [-0.2, -0.15) is 11.0 Å². The van der Waals surface area contributed by atoms with Crippen LogP contribution in [0.1, 0.15) is 5.56 Å². The fraction of sp³-hybridized carbons (Fsp3) is 0.200. The van der Waals surface area contributed by atoms with Gasteiger partial charge in [0.2, 0.25) is 0 Å². The van der Waals surface area contributed by atoms with E-state index in [1.165, 1.54) is 12.1 Å². The molecule has 1 saturated heterocycles. The zero-order valence-corrected chi connectivity index (χ0v) is 18.9. The number of benzene rings is 2. The van der Waals surface area contributed by atoms with Crippen LogP contribution in [0.2, 0.25) is 0 Å². The second-order valence-corrected chi connectivity index (χ2v) is 7.69. The van der Waals surface area contributed by atoms with Gasteiger partial charge in [0.1, 0.15) is 18.0 Å². The van der Waals surface area contributed by atoms with E-state index in [4.69, 9.17) is 4.74 Å². The molecule has 0 bridgehead atoms. The van der Waals surface area contributed by atoms with Gasteiger partial charge in [-0.3, -0.25) is 13.4 Å². The number of rotatable bonds is 4. The number of halogens is 2. The average molecular weight is 457 g/mol. The van der Waals surface area contributed by atoms with E-state index in [2.05, 4.69) is 20.7 Å². The van der Waals surface area contributed by atoms with E-state index in [0.717, 1.165) is 9.87 Å². The first-order chi connectivity index (χ1) is 11.4. The number of β-amino-alcohol motifs (C(OH)–C–C–N with tert-alkyl or cyclic N) is 1. The normalized spacial score (nSPS) is 20.0. The summed E-state index contributed by atoms with van der Waals surface area (Å²) in [4.78, 5) is 0. The van der Waals surface area contributed by atoms with Gasteiger partial charge in [0.05, 0.1) is 0 Å². The molecule has 1 heterocycles. The number of ether oxygens (including phenoxy) is 1. The van der Waals surface area contributed by atoms with Crippen molar-refractivity contribution < 1.29 is 74.7 Å². The summed E-state index contributed by atoms with van der Waals surface area (Å²) in [5.41, 5.74) is 0.732. The molecule has 0 amide bonds. The molecule has 1 aliphatic heterocycles. The van der Waals surface area contributed by atoms with Crippen molar-refractivity contribution in [2.24, 2.45) is 0 Å². The summed E-state index contributed by atoms with van der Waals surface area (Å²) in [5, 5.41) is 9.56. The topological polar surface area (TPSA) is 87.3 Å². The third kappa shape index (κ3) is 5.17. The molecular formula is C15H15BrFKN2O4S. The molecule has 130 valence electrons. The second-order valence-electron chi connectivity index (χ2n) is 5.15. The van der Waals surface area contributed by atoms with Crippen molar-refractivity contribution in [3.63, 3.8) is 0 Å². The van der Waals surface area contributed by atoms with Crippen molar-refractivity contribution in [2.45, 2.75) is 12.8 Å². The van der Waals surface area contributed by atoms with Crippen molar-refractivity contribution >= 4 is 32.6 Å². The van der Waals surface area contributed by atoms with Gasteiger partial charge in [0.25, 0.3) is 0 Å². The van der Waals surface area contributed by atoms with Crippen LogP contribution in [-0.2, 0) is 6.61 Å². The molecule has 2 aromatic rings. The van der Waals surface area contributed by atoms with Gasteiger partial charge in [-0.05, 0) is 17.7 Å². The summed E-state index contributed by atoms with van der Waals surface area (Å²) in [5.74, 6) is -0.591. The Kier molecular flexibility index (Phi) is 7.75. The van der Waals surface area contributed by atoms with Gasteiger partial charge in [0, 0.05) is 17.2 Å². The summed E-state index contributed by atoms with van der Waals surface area (Å²) in [7, 11) is -3.66. The molecule has 1 fully saturated rings. The minimum Gasteiger partial charge on any atom is -0.505 e. The Morgan fingerprint density at radius 2 is 1.96 bits per heavy atom. The summed E-state index contributed by atoms with van der Waals surface area (Å²) < 4.78 is 44.9. The number of aliphatic hydroxyl groups is 1. The summed E-state index contributed by atoms with van der Waals surface area (Å²) in [6.45, 7) is -0.0565. The van der Waals surface area contributed by atoms with Crippen LogP contribution in [0.25, 0.3) is 4.72 Å². The fourth-order valence-electron chi connectivity index (χ4n) is 2.35. The van der Waals surface area contributed by atoms with Crippen molar-refractivity contribution in [3.8, 4) is 5.75 Å². The maximum atomic E-state index is 14.5. The number of hydrogen-bond acceptors (Lipinski definition) is 5. The molecule has 0 aliphatic carbocycles. The minimum atomic E-state index is -3.66. The molecule has 0 saturated carbocycles. The van der Waals surface area contributed by atoms with Crippen molar-refractivity contribution in [1.29, 1.82) is 0 Å². The Morgan fingerprint density at radius 1 is 1.28 bits per heavy atom. The standard InChI is InChI=1S/C15H15BrFN2O4S.K/c16-11-6-12(17)15(19-8-14(20)18-24(19,21)22)13(7-11)23-9-10-4-2-1-3-5-10;/h1-7,14,20-22H,8-9H2;/q-1;+1. The second kappa shape index (κ2) is 8.98. The Bertz CT molecular complexity index is 741. The smallest absolute Gasteiger partial charge is 0.505 e. The molecule has 25 heavy (non-hydrogen) atoms. The van der Waals surface area contributed by atoms with Gasteiger partial charge < -0.3 is 14.6 Å². The van der Waals surface area contributed by atoms with E-state index in [1.807, 2.05) is 30.3 Å². The first-order valence-electron chi connectivity index (χ1n) is 6.98. The zero-order valence-electron chi connectivity index (χ0n) is 13.3. The van der Waals surface area contributed by atoms with Crippen molar-refractivity contribution in [1.82, 2.24) is 0 Å². The maximum absolute atomic E-state index is 14.5. The summed E-state index contributed by atoms with van der Waals surface area (Å²) >= 11 is 3.19. The first-order valence-corrected chi connectivity index (χ1v) is 9.24. The van der Waals surface area contributed by atoms with E-state index in [1.54, 1.807) is 0 Å². The van der Waals surface area contributed by atoms with Crippen LogP contribution in [0, 0.1) is 5.82 Å². The first kappa shape index (κ1) is 21.6. The summed E-state index contributed by atoms with van der Waals surface area (Å²) in [6, 6.07) is 12.0. The monoisotopic (exact) mass is 456 g/mol. The molecule has 0 spiro atoms. The molecule has 0 radical (unpaired) electrons. The number of nitrogens with zero attached hydrogens (tertiary/aromatic N) is 2. The Balaban J connectivity index is 0.00000225. The molecule has 3 rings (SSSR count). The maximum Gasteiger partial charge on any atom is 1.00 e. The Hall–Kier alpha value is 0.276. The van der Waals surface area contributed by atoms with Crippen LogP contribution in [0.15, 0.2) is 46.9 Å². The van der Waals surface area contributed by atoms with Crippen LogP contribution in [0.4, 0.5) is 10.1 Å². The predicted molar refractivity (Wildman–Crippen MR) is 94.4 cm³/mol. The van der Waals surface area contributed by atoms with Crippen LogP contribution in [-0.4, -0.2) is 27.0 Å². The largest absolute Gasteiger partial charge is 1.00 e. The molecule has 2 aromatic carbocycles. The SMILES string of the molecule is OC1CN(c2c(F)cc(Br)cc2OCc2ccccc2)S(O)(O)[N-]1.[K+]. The van der Waals surface area contributed by atoms with Crippen LogP contribution >= 0.6 is 26.9 Å². The summed E-state index contributed by atoms with van der Waals surface area (Å²) in [6.07, 6.45) is -1.31. The number of hydrogen-bond donors (Lipinski definition) is 3. The third-order valence-electron chi connectivity index (χ3n) is 3.37. The Morgan fingerprint density at radius 3 is 2.56 bits per heavy atom.